The van der Waals surface area contributed by atoms with Gasteiger partial charge in [-0.3, -0.25) is 9.80 Å². The molecule has 0 saturated carbocycles. The first kappa shape index (κ1) is 25.9. The molecule has 1 aliphatic heterocycles. The van der Waals surface area contributed by atoms with E-state index in [1.807, 2.05) is 0 Å². The highest BCUT2D eigenvalue weighted by molar-refractivity contribution is 4.75. The molecule has 0 radical (unpaired) electrons. The number of likely N-dealkylation sites (N-methyl/N-ethyl adjacent to an activating group) is 2. The average Bonchev–Trinajstić information content (AvgIpc) is 2.68. The third-order valence-electron chi connectivity index (χ3n) is 6.74. The smallest absolute Gasteiger partial charge is 0.0112 e. The summed E-state index contributed by atoms with van der Waals surface area (Å²) in [7, 11) is 4.64. The predicted octanol–water partition coefficient (Wildman–Crippen LogP) is 4.41. The van der Waals surface area contributed by atoms with Gasteiger partial charge in [-0.05, 0) is 79.8 Å². The highest BCUT2D eigenvalue weighted by atomic mass is 15.2. The van der Waals surface area contributed by atoms with Crippen LogP contribution in [0, 0.1) is 0 Å². The van der Waals surface area contributed by atoms with Crippen molar-refractivity contribution in [2.75, 3.05) is 66.5 Å². The molecule has 1 saturated heterocycles. The molecule has 1 fully saturated rings. The monoisotopic (exact) mass is 396 g/mol. The van der Waals surface area contributed by atoms with Crippen LogP contribution in [0.4, 0.5) is 0 Å². The van der Waals surface area contributed by atoms with Crippen molar-refractivity contribution in [2.45, 2.75) is 91.1 Å². The van der Waals surface area contributed by atoms with Crippen LogP contribution < -0.4 is 0 Å². The largest absolute Gasteiger partial charge is 0.305 e. The maximum atomic E-state index is 2.76. The van der Waals surface area contributed by atoms with Gasteiger partial charge in [0.2, 0.25) is 0 Å². The molecule has 168 valence electrons. The van der Waals surface area contributed by atoms with Crippen LogP contribution in [0.3, 0.4) is 0 Å². The van der Waals surface area contributed by atoms with Crippen molar-refractivity contribution in [3.63, 3.8) is 0 Å². The second kappa shape index (κ2) is 15.6. The Bertz CT molecular complexity index is 329. The fourth-order valence-corrected chi connectivity index (χ4v) is 4.24. The second-order valence-electron chi connectivity index (χ2n) is 9.37. The molecule has 1 rings (SSSR count). The van der Waals surface area contributed by atoms with Crippen LogP contribution in [-0.4, -0.2) is 98.1 Å². The molecule has 0 N–H and O–H groups in total. The van der Waals surface area contributed by atoms with Crippen molar-refractivity contribution in [1.29, 1.82) is 0 Å². The van der Waals surface area contributed by atoms with E-state index in [1.165, 1.54) is 104 Å². The van der Waals surface area contributed by atoms with E-state index in [9.17, 15) is 0 Å². The van der Waals surface area contributed by atoms with Gasteiger partial charge in [0.05, 0.1) is 0 Å². The fraction of sp³-hybridized carbons (Fsp3) is 1.00. The van der Waals surface area contributed by atoms with Gasteiger partial charge in [-0.2, -0.15) is 0 Å². The minimum absolute atomic E-state index is 0.690. The van der Waals surface area contributed by atoms with E-state index >= 15 is 0 Å². The van der Waals surface area contributed by atoms with Crippen LogP contribution >= 0.6 is 0 Å². The molecule has 4 nitrogen and oxygen atoms in total. The lowest BCUT2D eigenvalue weighted by molar-refractivity contribution is 0.127. The molecule has 28 heavy (non-hydrogen) atoms. The van der Waals surface area contributed by atoms with Gasteiger partial charge in [0.25, 0.3) is 0 Å². The first-order chi connectivity index (χ1) is 13.5. The lowest BCUT2D eigenvalue weighted by atomic mass is 10.1. The van der Waals surface area contributed by atoms with E-state index in [4.69, 9.17) is 0 Å². The zero-order valence-electron chi connectivity index (χ0n) is 20.3. The second-order valence-corrected chi connectivity index (χ2v) is 9.37. The Morgan fingerprint density at radius 2 is 0.964 bits per heavy atom. The Morgan fingerprint density at radius 1 is 0.571 bits per heavy atom. The van der Waals surface area contributed by atoms with E-state index in [1.54, 1.807) is 0 Å². The molecule has 0 aromatic carbocycles. The van der Waals surface area contributed by atoms with Crippen molar-refractivity contribution in [3.8, 4) is 0 Å². The van der Waals surface area contributed by atoms with Gasteiger partial charge in [0.1, 0.15) is 0 Å². The zero-order chi connectivity index (χ0) is 20.8. The summed E-state index contributed by atoms with van der Waals surface area (Å²) in [5.41, 5.74) is 0. The zero-order valence-corrected chi connectivity index (χ0v) is 20.3. The van der Waals surface area contributed by atoms with Crippen molar-refractivity contribution in [3.05, 3.63) is 0 Å². The highest BCUT2D eigenvalue weighted by Crippen LogP contribution is 2.12. The quantitative estimate of drug-likeness (QED) is 0.564. The standard InChI is InChI=1S/C24H52N4/c1-7-9-11-15-27-21-19-25(5)18-14-24(4)28(16-12-10-8-2)22-20-26(6)17-13-23(27)3/h23-24H,7-22H2,1-6H3. The minimum Gasteiger partial charge on any atom is -0.305 e. The highest BCUT2D eigenvalue weighted by Gasteiger charge is 2.18. The summed E-state index contributed by atoms with van der Waals surface area (Å²) >= 11 is 0. The molecule has 0 aromatic heterocycles. The molecule has 0 aliphatic carbocycles. The Balaban J connectivity index is 2.66. The average molecular weight is 397 g/mol. The summed E-state index contributed by atoms with van der Waals surface area (Å²) < 4.78 is 0. The molecule has 0 spiro atoms. The van der Waals surface area contributed by atoms with E-state index < -0.39 is 0 Å². The van der Waals surface area contributed by atoms with Gasteiger partial charge in [0.15, 0.2) is 0 Å². The molecule has 2 atom stereocenters. The maximum absolute atomic E-state index is 2.76. The van der Waals surface area contributed by atoms with E-state index in [2.05, 4.69) is 61.4 Å². The number of nitrogens with zero attached hydrogens (tertiary/aromatic N) is 4. The van der Waals surface area contributed by atoms with Crippen LogP contribution in [0.2, 0.25) is 0 Å². The molecule has 1 aliphatic rings. The Kier molecular flexibility index (Phi) is 14.5. The van der Waals surface area contributed by atoms with E-state index in [-0.39, 0.29) is 0 Å². The molecule has 2 unspecified atom stereocenters. The normalized spacial score (nSPS) is 26.4. The third kappa shape index (κ3) is 11.1. The van der Waals surface area contributed by atoms with Crippen molar-refractivity contribution in [1.82, 2.24) is 19.6 Å². The lowest BCUT2D eigenvalue weighted by Crippen LogP contribution is -2.44. The van der Waals surface area contributed by atoms with Crippen LogP contribution in [-0.2, 0) is 0 Å². The molecule has 0 amide bonds. The number of hydrogen-bond acceptors (Lipinski definition) is 4. The maximum Gasteiger partial charge on any atom is 0.0112 e. The summed E-state index contributed by atoms with van der Waals surface area (Å²) in [6.45, 7) is 19.3. The summed E-state index contributed by atoms with van der Waals surface area (Å²) in [4.78, 5) is 10.6. The Labute approximate surface area is 177 Å². The molecular weight excluding hydrogens is 344 g/mol. The summed E-state index contributed by atoms with van der Waals surface area (Å²) in [6.07, 6.45) is 10.6. The molecule has 4 heteroatoms. The van der Waals surface area contributed by atoms with Gasteiger partial charge < -0.3 is 9.80 Å². The lowest BCUT2D eigenvalue weighted by Gasteiger charge is -2.35. The number of unbranched alkanes of at least 4 members (excludes halogenated alkanes) is 4. The third-order valence-corrected chi connectivity index (χ3v) is 6.74. The SMILES string of the molecule is CCCCCN1CCN(C)CCC(C)N(CCCCC)CCN(C)CCC1C. The molecule has 1 heterocycles. The van der Waals surface area contributed by atoms with E-state index in [0.29, 0.717) is 12.1 Å². The topological polar surface area (TPSA) is 13.0 Å². The van der Waals surface area contributed by atoms with Crippen molar-refractivity contribution >= 4 is 0 Å². The first-order valence-corrected chi connectivity index (χ1v) is 12.3. The summed E-state index contributed by atoms with van der Waals surface area (Å²) in [5, 5.41) is 0. The van der Waals surface area contributed by atoms with Gasteiger partial charge >= 0.3 is 0 Å². The van der Waals surface area contributed by atoms with Crippen LogP contribution in [0.25, 0.3) is 0 Å². The van der Waals surface area contributed by atoms with Gasteiger partial charge in [0, 0.05) is 38.3 Å². The van der Waals surface area contributed by atoms with Crippen LogP contribution in [0.1, 0.15) is 79.1 Å². The number of hydrogen-bond donors (Lipinski definition) is 0. The van der Waals surface area contributed by atoms with Gasteiger partial charge in [-0.15, -0.1) is 0 Å². The molecular formula is C24H52N4. The molecule has 0 bridgehead atoms. The van der Waals surface area contributed by atoms with Crippen LogP contribution in [0.15, 0.2) is 0 Å². The Morgan fingerprint density at radius 3 is 1.32 bits per heavy atom. The predicted molar refractivity (Wildman–Crippen MR) is 125 cm³/mol. The summed E-state index contributed by atoms with van der Waals surface area (Å²) in [6, 6.07) is 1.38. The Hall–Kier alpha value is -0.160. The summed E-state index contributed by atoms with van der Waals surface area (Å²) in [5.74, 6) is 0. The van der Waals surface area contributed by atoms with Gasteiger partial charge in [-0.1, -0.05) is 39.5 Å². The van der Waals surface area contributed by atoms with E-state index in [0.717, 1.165) is 0 Å². The fourth-order valence-electron chi connectivity index (χ4n) is 4.24. The minimum atomic E-state index is 0.690. The van der Waals surface area contributed by atoms with Crippen molar-refractivity contribution < 1.29 is 0 Å². The first-order valence-electron chi connectivity index (χ1n) is 12.3. The van der Waals surface area contributed by atoms with Crippen molar-refractivity contribution in [2.24, 2.45) is 0 Å². The number of rotatable bonds is 8. The molecule has 0 aromatic rings. The van der Waals surface area contributed by atoms with Crippen LogP contribution in [0.5, 0.6) is 0 Å². The van der Waals surface area contributed by atoms with Gasteiger partial charge in [-0.25, -0.2) is 0 Å².